The van der Waals surface area contributed by atoms with Crippen molar-refractivity contribution in [3.63, 3.8) is 0 Å². The van der Waals surface area contributed by atoms with Crippen LogP contribution in [0.3, 0.4) is 0 Å². The van der Waals surface area contributed by atoms with Crippen molar-refractivity contribution in [2.24, 2.45) is 5.92 Å². The second-order valence-electron chi connectivity index (χ2n) is 4.95. The van der Waals surface area contributed by atoms with E-state index in [9.17, 15) is 4.79 Å². The maximum Gasteiger partial charge on any atom is 0.252 e. The van der Waals surface area contributed by atoms with Crippen molar-refractivity contribution in [2.75, 3.05) is 6.54 Å². The minimum atomic E-state index is -0.0588. The molecule has 19 heavy (non-hydrogen) atoms. The Labute approximate surface area is 132 Å². The third kappa shape index (κ3) is 4.37. The van der Waals surface area contributed by atoms with Crippen molar-refractivity contribution < 1.29 is 4.79 Å². The number of carbonyl (C=O) groups excluding carboxylic acids is 1. The Kier molecular flexibility index (Phi) is 5.55. The van der Waals surface area contributed by atoms with Crippen LogP contribution >= 0.6 is 39.1 Å². The van der Waals surface area contributed by atoms with Gasteiger partial charge in [-0.2, -0.15) is 0 Å². The van der Waals surface area contributed by atoms with Crippen LogP contribution in [-0.4, -0.2) is 17.8 Å². The Hall–Kier alpha value is -0.250. The third-order valence-electron chi connectivity index (χ3n) is 3.50. The average molecular weight is 365 g/mol. The fraction of sp³-hybridized carbons (Fsp3) is 0.500. The first-order chi connectivity index (χ1) is 9.06. The van der Waals surface area contributed by atoms with E-state index in [4.69, 9.17) is 23.2 Å². The van der Waals surface area contributed by atoms with E-state index in [0.717, 1.165) is 36.7 Å². The normalized spacial score (nSPS) is 23.1. The van der Waals surface area contributed by atoms with Gasteiger partial charge in [0.25, 0.3) is 5.91 Å². The first-order valence-electron chi connectivity index (χ1n) is 6.43. The maximum absolute atomic E-state index is 12.1. The molecule has 0 aromatic heterocycles. The lowest BCUT2D eigenvalue weighted by Crippen LogP contribution is -2.31. The Bertz CT molecular complexity index is 459. The van der Waals surface area contributed by atoms with Crippen molar-refractivity contribution in [3.8, 4) is 0 Å². The highest BCUT2D eigenvalue weighted by Crippen LogP contribution is 2.27. The summed E-state index contributed by atoms with van der Waals surface area (Å²) >= 11 is 15.3. The molecule has 1 fully saturated rings. The summed E-state index contributed by atoms with van der Waals surface area (Å²) in [6.45, 7) is 0.720. The SMILES string of the molecule is O=C(NCC1CCC(Cl)CC1)c1ccc(Cl)cc1Br. The number of hydrogen-bond acceptors (Lipinski definition) is 1. The molecule has 1 N–H and O–H groups in total. The monoisotopic (exact) mass is 363 g/mol. The number of hydrogen-bond donors (Lipinski definition) is 1. The van der Waals surface area contributed by atoms with Gasteiger partial charge in [0.2, 0.25) is 0 Å². The molecule has 1 aliphatic carbocycles. The summed E-state index contributed by atoms with van der Waals surface area (Å²) in [4.78, 5) is 12.1. The zero-order valence-corrected chi connectivity index (χ0v) is 13.6. The Morgan fingerprint density at radius 2 is 2.00 bits per heavy atom. The molecule has 1 amide bonds. The van der Waals surface area contributed by atoms with Gasteiger partial charge in [-0.05, 0) is 65.7 Å². The molecular weight excluding hydrogens is 349 g/mol. The fourth-order valence-electron chi connectivity index (χ4n) is 2.33. The molecule has 5 heteroatoms. The van der Waals surface area contributed by atoms with Crippen molar-refractivity contribution in [2.45, 2.75) is 31.1 Å². The molecule has 104 valence electrons. The second-order valence-corrected chi connectivity index (χ2v) is 6.86. The van der Waals surface area contributed by atoms with Crippen LogP contribution in [0, 0.1) is 5.92 Å². The van der Waals surface area contributed by atoms with E-state index in [1.165, 1.54) is 0 Å². The number of benzene rings is 1. The van der Waals surface area contributed by atoms with E-state index >= 15 is 0 Å². The number of amides is 1. The largest absolute Gasteiger partial charge is 0.352 e. The van der Waals surface area contributed by atoms with Crippen LogP contribution in [-0.2, 0) is 0 Å². The summed E-state index contributed by atoms with van der Waals surface area (Å²) in [5.74, 6) is 0.488. The summed E-state index contributed by atoms with van der Waals surface area (Å²) in [7, 11) is 0. The zero-order valence-electron chi connectivity index (χ0n) is 10.5. The van der Waals surface area contributed by atoms with E-state index in [2.05, 4.69) is 21.2 Å². The summed E-state index contributed by atoms with van der Waals surface area (Å²) < 4.78 is 0.724. The van der Waals surface area contributed by atoms with E-state index in [1.807, 2.05) is 0 Å². The van der Waals surface area contributed by atoms with Crippen molar-refractivity contribution in [1.82, 2.24) is 5.32 Å². The Balaban J connectivity index is 1.87. The molecule has 2 nitrogen and oxygen atoms in total. The Morgan fingerprint density at radius 3 is 2.63 bits per heavy atom. The molecule has 0 aliphatic heterocycles. The fourth-order valence-corrected chi connectivity index (χ4v) is 3.45. The van der Waals surface area contributed by atoms with Crippen LogP contribution in [0.15, 0.2) is 22.7 Å². The molecule has 0 spiro atoms. The molecule has 0 unspecified atom stereocenters. The summed E-state index contributed by atoms with van der Waals surface area (Å²) in [5, 5.41) is 3.92. The molecule has 1 aromatic carbocycles. The molecule has 0 radical (unpaired) electrons. The van der Waals surface area contributed by atoms with Crippen LogP contribution in [0.5, 0.6) is 0 Å². The third-order valence-corrected chi connectivity index (χ3v) is 4.83. The molecule has 1 saturated carbocycles. The first kappa shape index (κ1) is 15.1. The molecule has 2 rings (SSSR count). The molecule has 0 saturated heterocycles. The van der Waals surface area contributed by atoms with Gasteiger partial charge >= 0.3 is 0 Å². The smallest absolute Gasteiger partial charge is 0.252 e. The van der Waals surface area contributed by atoms with Gasteiger partial charge in [-0.3, -0.25) is 4.79 Å². The second kappa shape index (κ2) is 6.96. The van der Waals surface area contributed by atoms with Crippen LogP contribution in [0.2, 0.25) is 5.02 Å². The number of carbonyl (C=O) groups is 1. The number of rotatable bonds is 3. The van der Waals surface area contributed by atoms with Gasteiger partial charge in [-0.25, -0.2) is 0 Å². The van der Waals surface area contributed by atoms with Crippen LogP contribution in [0.1, 0.15) is 36.0 Å². The van der Waals surface area contributed by atoms with Crippen molar-refractivity contribution in [3.05, 3.63) is 33.3 Å². The Morgan fingerprint density at radius 1 is 1.32 bits per heavy atom. The van der Waals surface area contributed by atoms with Gasteiger partial charge in [0, 0.05) is 21.4 Å². The van der Waals surface area contributed by atoms with Crippen LogP contribution < -0.4 is 5.32 Å². The highest BCUT2D eigenvalue weighted by Gasteiger charge is 2.20. The van der Waals surface area contributed by atoms with Gasteiger partial charge in [0.05, 0.1) is 5.56 Å². The molecule has 1 aliphatic rings. The van der Waals surface area contributed by atoms with E-state index in [-0.39, 0.29) is 5.91 Å². The number of alkyl halides is 1. The molecule has 0 atom stereocenters. The van der Waals surface area contributed by atoms with Crippen LogP contribution in [0.4, 0.5) is 0 Å². The molecule has 0 heterocycles. The van der Waals surface area contributed by atoms with Gasteiger partial charge < -0.3 is 5.32 Å². The van der Waals surface area contributed by atoms with Gasteiger partial charge in [0.1, 0.15) is 0 Å². The van der Waals surface area contributed by atoms with E-state index < -0.39 is 0 Å². The maximum atomic E-state index is 12.1. The summed E-state index contributed by atoms with van der Waals surface area (Å²) in [5.41, 5.74) is 0.621. The predicted octanol–water partition coefficient (Wildman–Crippen LogP) is 4.63. The lowest BCUT2D eigenvalue weighted by Gasteiger charge is -2.25. The molecule has 0 bridgehead atoms. The summed E-state index contributed by atoms with van der Waals surface area (Å²) in [6.07, 6.45) is 4.28. The molecular formula is C14H16BrCl2NO. The minimum absolute atomic E-state index is 0.0588. The number of nitrogens with one attached hydrogen (secondary N) is 1. The minimum Gasteiger partial charge on any atom is -0.352 e. The zero-order chi connectivity index (χ0) is 13.8. The van der Waals surface area contributed by atoms with E-state index in [1.54, 1.807) is 18.2 Å². The molecule has 1 aromatic rings. The topological polar surface area (TPSA) is 29.1 Å². The highest BCUT2D eigenvalue weighted by atomic mass is 79.9. The van der Waals surface area contributed by atoms with Crippen molar-refractivity contribution >= 4 is 45.0 Å². The predicted molar refractivity (Wildman–Crippen MR) is 83.1 cm³/mol. The number of halogens is 3. The first-order valence-corrected chi connectivity index (χ1v) is 8.04. The summed E-state index contributed by atoms with van der Waals surface area (Å²) in [6, 6.07) is 5.19. The van der Waals surface area contributed by atoms with Crippen LogP contribution in [0.25, 0.3) is 0 Å². The lowest BCUT2D eigenvalue weighted by molar-refractivity contribution is 0.0943. The highest BCUT2D eigenvalue weighted by molar-refractivity contribution is 9.10. The average Bonchev–Trinajstić information content (AvgIpc) is 2.37. The standard InChI is InChI=1S/C14H16BrCl2NO/c15-13-7-11(17)5-6-12(13)14(19)18-8-9-1-3-10(16)4-2-9/h5-7,9-10H,1-4,8H2,(H,18,19). The van der Waals surface area contributed by atoms with E-state index in [0.29, 0.717) is 21.9 Å². The lowest BCUT2D eigenvalue weighted by atomic mass is 9.89. The van der Waals surface area contributed by atoms with Crippen molar-refractivity contribution in [1.29, 1.82) is 0 Å². The van der Waals surface area contributed by atoms with Gasteiger partial charge in [-0.1, -0.05) is 11.6 Å². The van der Waals surface area contributed by atoms with Gasteiger partial charge in [0.15, 0.2) is 0 Å². The quantitative estimate of drug-likeness (QED) is 0.778. The van der Waals surface area contributed by atoms with Gasteiger partial charge in [-0.15, -0.1) is 11.6 Å².